The van der Waals surface area contributed by atoms with Crippen molar-refractivity contribution in [3.63, 3.8) is 0 Å². The van der Waals surface area contributed by atoms with Crippen LogP contribution in [0.2, 0.25) is 0 Å². The lowest BCUT2D eigenvalue weighted by Crippen LogP contribution is -2.47. The zero-order chi connectivity index (χ0) is 19.1. The molecule has 2 atom stereocenters. The average Bonchev–Trinajstić information content (AvgIpc) is 3.21. The van der Waals surface area contributed by atoms with Gasteiger partial charge in [0, 0.05) is 19.6 Å². The Hall–Kier alpha value is -1.63. The molecule has 2 saturated heterocycles. The van der Waals surface area contributed by atoms with E-state index >= 15 is 0 Å². The number of amides is 2. The third-order valence-corrected chi connectivity index (χ3v) is 5.52. The van der Waals surface area contributed by atoms with Gasteiger partial charge in [0.1, 0.15) is 0 Å². The molecule has 156 valence electrons. The SMILES string of the molecule is Cc1ccc(CNC(=O)CN2CCCC(CNC(=O)C3CCCN3)C2)cc1.Cl. The first kappa shape index (κ1) is 22.7. The monoisotopic (exact) mass is 408 g/mol. The van der Waals surface area contributed by atoms with E-state index in [0.717, 1.165) is 50.9 Å². The summed E-state index contributed by atoms with van der Waals surface area (Å²) in [5.41, 5.74) is 2.34. The van der Waals surface area contributed by atoms with E-state index in [1.807, 2.05) is 0 Å². The van der Waals surface area contributed by atoms with E-state index in [-0.39, 0.29) is 30.3 Å². The van der Waals surface area contributed by atoms with Crippen LogP contribution in [0.5, 0.6) is 0 Å². The molecule has 2 heterocycles. The lowest BCUT2D eigenvalue weighted by atomic mass is 9.98. The van der Waals surface area contributed by atoms with Crippen molar-refractivity contribution in [3.05, 3.63) is 35.4 Å². The number of halogens is 1. The Kier molecular flexibility index (Phi) is 9.22. The summed E-state index contributed by atoms with van der Waals surface area (Å²) in [4.78, 5) is 26.6. The van der Waals surface area contributed by atoms with Gasteiger partial charge in [0.15, 0.2) is 0 Å². The summed E-state index contributed by atoms with van der Waals surface area (Å²) in [5, 5.41) is 9.33. The van der Waals surface area contributed by atoms with Crippen LogP contribution in [0.4, 0.5) is 0 Å². The number of rotatable bonds is 7. The number of likely N-dealkylation sites (tertiary alicyclic amines) is 1. The highest BCUT2D eigenvalue weighted by atomic mass is 35.5. The predicted octanol–water partition coefficient (Wildman–Crippen LogP) is 1.61. The van der Waals surface area contributed by atoms with Crippen LogP contribution in [-0.4, -0.2) is 55.5 Å². The van der Waals surface area contributed by atoms with Gasteiger partial charge in [-0.2, -0.15) is 0 Å². The van der Waals surface area contributed by atoms with E-state index < -0.39 is 0 Å². The molecule has 2 amide bonds. The maximum atomic E-state index is 12.3. The number of carbonyl (C=O) groups is 2. The van der Waals surface area contributed by atoms with Gasteiger partial charge in [-0.25, -0.2) is 0 Å². The molecule has 6 nitrogen and oxygen atoms in total. The summed E-state index contributed by atoms with van der Waals surface area (Å²) in [6.07, 6.45) is 4.20. The molecule has 0 aromatic heterocycles. The van der Waals surface area contributed by atoms with Crippen LogP contribution >= 0.6 is 12.4 Å². The van der Waals surface area contributed by atoms with Crippen molar-refractivity contribution in [3.8, 4) is 0 Å². The minimum atomic E-state index is -0.0164. The van der Waals surface area contributed by atoms with Gasteiger partial charge in [-0.05, 0) is 57.2 Å². The summed E-state index contributed by atoms with van der Waals surface area (Å²) < 4.78 is 0. The first-order chi connectivity index (χ1) is 13.1. The van der Waals surface area contributed by atoms with Crippen molar-refractivity contribution in [2.24, 2.45) is 5.92 Å². The summed E-state index contributed by atoms with van der Waals surface area (Å²) in [7, 11) is 0. The quantitative estimate of drug-likeness (QED) is 0.641. The minimum absolute atomic E-state index is 0. The van der Waals surface area contributed by atoms with Gasteiger partial charge in [0.2, 0.25) is 11.8 Å². The molecule has 0 radical (unpaired) electrons. The van der Waals surface area contributed by atoms with Gasteiger partial charge >= 0.3 is 0 Å². The third kappa shape index (κ3) is 7.08. The second-order valence-corrected chi connectivity index (χ2v) is 7.90. The lowest BCUT2D eigenvalue weighted by Gasteiger charge is -2.32. The normalized spacial score (nSPS) is 22.3. The van der Waals surface area contributed by atoms with Crippen molar-refractivity contribution >= 4 is 24.2 Å². The molecule has 0 aliphatic carbocycles. The molecule has 0 bridgehead atoms. The summed E-state index contributed by atoms with van der Waals surface area (Å²) in [5.74, 6) is 0.616. The van der Waals surface area contributed by atoms with E-state index in [4.69, 9.17) is 0 Å². The molecule has 2 fully saturated rings. The van der Waals surface area contributed by atoms with Gasteiger partial charge < -0.3 is 16.0 Å². The molecule has 3 rings (SSSR count). The molecule has 2 unspecified atom stereocenters. The Morgan fingerprint density at radius 3 is 2.64 bits per heavy atom. The zero-order valence-corrected chi connectivity index (χ0v) is 17.5. The van der Waals surface area contributed by atoms with Crippen LogP contribution in [0, 0.1) is 12.8 Å². The summed E-state index contributed by atoms with van der Waals surface area (Å²) >= 11 is 0. The fourth-order valence-corrected chi connectivity index (χ4v) is 3.90. The summed E-state index contributed by atoms with van der Waals surface area (Å²) in [6.45, 7) is 6.53. The largest absolute Gasteiger partial charge is 0.354 e. The molecular formula is C21H33ClN4O2. The maximum Gasteiger partial charge on any atom is 0.237 e. The summed E-state index contributed by atoms with van der Waals surface area (Å²) in [6, 6.07) is 8.21. The Morgan fingerprint density at radius 2 is 1.93 bits per heavy atom. The molecule has 7 heteroatoms. The molecule has 28 heavy (non-hydrogen) atoms. The van der Waals surface area contributed by atoms with Crippen molar-refractivity contribution in [1.29, 1.82) is 0 Å². The standard InChI is InChI=1S/C21H32N4O2.ClH/c1-16-6-8-17(9-7-16)12-23-20(26)15-25-11-3-4-18(14-25)13-24-21(27)19-5-2-10-22-19;/h6-9,18-19,22H,2-5,10-15H2,1H3,(H,23,26)(H,24,27);1H. The van der Waals surface area contributed by atoms with Crippen molar-refractivity contribution in [2.75, 3.05) is 32.7 Å². The highest BCUT2D eigenvalue weighted by molar-refractivity contribution is 5.85. The van der Waals surface area contributed by atoms with E-state index in [9.17, 15) is 9.59 Å². The number of hydrogen-bond acceptors (Lipinski definition) is 4. The minimum Gasteiger partial charge on any atom is -0.354 e. The highest BCUT2D eigenvalue weighted by Crippen LogP contribution is 2.16. The Labute approximate surface area is 174 Å². The molecular weight excluding hydrogens is 376 g/mol. The van der Waals surface area contributed by atoms with E-state index in [2.05, 4.69) is 52.0 Å². The fourth-order valence-electron chi connectivity index (χ4n) is 3.90. The molecule has 2 aliphatic rings. The lowest BCUT2D eigenvalue weighted by molar-refractivity contribution is -0.124. The van der Waals surface area contributed by atoms with Gasteiger partial charge in [-0.3, -0.25) is 14.5 Å². The van der Waals surface area contributed by atoms with Crippen LogP contribution in [0.1, 0.15) is 36.8 Å². The van der Waals surface area contributed by atoms with Gasteiger partial charge in [0.05, 0.1) is 12.6 Å². The van der Waals surface area contributed by atoms with E-state index in [1.54, 1.807) is 0 Å². The first-order valence-electron chi connectivity index (χ1n) is 10.2. The number of hydrogen-bond donors (Lipinski definition) is 3. The molecule has 0 saturated carbocycles. The Balaban J connectivity index is 0.00000280. The molecule has 0 spiro atoms. The van der Waals surface area contributed by atoms with Crippen LogP contribution in [0.3, 0.4) is 0 Å². The van der Waals surface area contributed by atoms with Crippen LogP contribution < -0.4 is 16.0 Å². The Morgan fingerprint density at radius 1 is 1.14 bits per heavy atom. The number of aryl methyl sites for hydroxylation is 1. The molecule has 2 aliphatic heterocycles. The van der Waals surface area contributed by atoms with Gasteiger partial charge in [0.25, 0.3) is 0 Å². The number of nitrogens with one attached hydrogen (secondary N) is 3. The molecule has 1 aromatic carbocycles. The van der Waals surface area contributed by atoms with Crippen molar-refractivity contribution in [1.82, 2.24) is 20.9 Å². The van der Waals surface area contributed by atoms with Crippen LogP contribution in [0.25, 0.3) is 0 Å². The average molecular weight is 409 g/mol. The smallest absolute Gasteiger partial charge is 0.237 e. The van der Waals surface area contributed by atoms with Crippen molar-refractivity contribution in [2.45, 2.75) is 45.2 Å². The second-order valence-electron chi connectivity index (χ2n) is 7.90. The van der Waals surface area contributed by atoms with E-state index in [0.29, 0.717) is 25.6 Å². The zero-order valence-electron chi connectivity index (χ0n) is 16.7. The van der Waals surface area contributed by atoms with Gasteiger partial charge in [-0.1, -0.05) is 29.8 Å². The fraction of sp³-hybridized carbons (Fsp3) is 0.619. The highest BCUT2D eigenvalue weighted by Gasteiger charge is 2.25. The topological polar surface area (TPSA) is 73.5 Å². The first-order valence-corrected chi connectivity index (χ1v) is 10.2. The molecule has 3 N–H and O–H groups in total. The van der Waals surface area contributed by atoms with Gasteiger partial charge in [-0.15, -0.1) is 12.4 Å². The maximum absolute atomic E-state index is 12.3. The van der Waals surface area contributed by atoms with Crippen molar-refractivity contribution < 1.29 is 9.59 Å². The van der Waals surface area contributed by atoms with Crippen LogP contribution in [0.15, 0.2) is 24.3 Å². The number of piperidine rings is 1. The molecule has 1 aromatic rings. The second kappa shape index (κ2) is 11.4. The van der Waals surface area contributed by atoms with E-state index in [1.165, 1.54) is 5.56 Å². The third-order valence-electron chi connectivity index (χ3n) is 5.52. The van der Waals surface area contributed by atoms with Crippen LogP contribution in [-0.2, 0) is 16.1 Å². The predicted molar refractivity (Wildman–Crippen MR) is 113 cm³/mol. The Bertz CT molecular complexity index is 632. The number of nitrogens with zero attached hydrogens (tertiary/aromatic N) is 1. The number of benzene rings is 1. The number of carbonyl (C=O) groups excluding carboxylic acids is 2.